The Hall–Kier alpha value is -1.75. The summed E-state index contributed by atoms with van der Waals surface area (Å²) in [5.74, 6) is 0.107. The van der Waals surface area contributed by atoms with Crippen LogP contribution in [0.15, 0.2) is 24.3 Å². The van der Waals surface area contributed by atoms with Crippen molar-refractivity contribution in [1.29, 1.82) is 0 Å². The van der Waals surface area contributed by atoms with Crippen molar-refractivity contribution < 1.29 is 19.4 Å². The maximum atomic E-state index is 10.9. The van der Waals surface area contributed by atoms with Gasteiger partial charge in [0.15, 0.2) is 6.10 Å². The molecule has 5 heteroatoms. The van der Waals surface area contributed by atoms with Crippen molar-refractivity contribution in [2.24, 2.45) is 5.73 Å². The molecule has 17 heavy (non-hydrogen) atoms. The lowest BCUT2D eigenvalue weighted by molar-refractivity contribution is -0.145. The number of carboxylic acid groups (broad SMARTS) is 1. The van der Waals surface area contributed by atoms with Crippen LogP contribution in [0.3, 0.4) is 0 Å². The first-order valence-corrected chi connectivity index (χ1v) is 5.49. The molecule has 1 aromatic carbocycles. The number of rotatable bonds is 7. The maximum Gasteiger partial charge on any atom is 0.344 e. The molecule has 0 bridgehead atoms. The molecule has 0 aliphatic carbocycles. The van der Waals surface area contributed by atoms with E-state index in [0.717, 1.165) is 0 Å². The molecule has 0 saturated carbocycles. The number of hydrogen-bond donors (Lipinski definition) is 2. The third kappa shape index (κ3) is 4.32. The van der Waals surface area contributed by atoms with Crippen LogP contribution in [-0.4, -0.2) is 30.3 Å². The highest BCUT2D eigenvalue weighted by Gasteiger charge is 2.18. The van der Waals surface area contributed by atoms with Crippen LogP contribution in [0.1, 0.15) is 13.3 Å². The quantitative estimate of drug-likeness (QED) is 0.748. The standard InChI is InChI=1S/C12H17NO4/c1-2-16-9-4-3-5-10(8-9)17-11(6-7-13)12(14)15/h3-5,8,11H,2,6-7,13H2,1H3,(H,14,15). The number of benzene rings is 1. The molecule has 0 fully saturated rings. The van der Waals surface area contributed by atoms with E-state index in [2.05, 4.69) is 0 Å². The van der Waals surface area contributed by atoms with Gasteiger partial charge in [-0.2, -0.15) is 0 Å². The van der Waals surface area contributed by atoms with Gasteiger partial charge in [0.2, 0.25) is 0 Å². The molecule has 0 aromatic heterocycles. The van der Waals surface area contributed by atoms with Crippen molar-refractivity contribution in [3.63, 3.8) is 0 Å². The van der Waals surface area contributed by atoms with Crippen molar-refractivity contribution in [2.75, 3.05) is 13.2 Å². The van der Waals surface area contributed by atoms with Crippen molar-refractivity contribution >= 4 is 5.97 Å². The summed E-state index contributed by atoms with van der Waals surface area (Å²) in [6.07, 6.45) is -0.648. The van der Waals surface area contributed by atoms with E-state index in [1.165, 1.54) is 0 Å². The highest BCUT2D eigenvalue weighted by Crippen LogP contribution is 2.21. The average Bonchev–Trinajstić information content (AvgIpc) is 2.29. The second-order valence-corrected chi connectivity index (χ2v) is 3.43. The molecule has 3 N–H and O–H groups in total. The molecule has 0 saturated heterocycles. The zero-order chi connectivity index (χ0) is 12.7. The Labute approximate surface area is 100 Å². The van der Waals surface area contributed by atoms with Crippen LogP contribution in [0.2, 0.25) is 0 Å². The lowest BCUT2D eigenvalue weighted by Gasteiger charge is -2.14. The van der Waals surface area contributed by atoms with Gasteiger partial charge in [-0.3, -0.25) is 0 Å². The van der Waals surface area contributed by atoms with Gasteiger partial charge in [-0.25, -0.2) is 4.79 Å². The summed E-state index contributed by atoms with van der Waals surface area (Å²) < 4.78 is 10.6. The Morgan fingerprint density at radius 1 is 1.47 bits per heavy atom. The van der Waals surface area contributed by atoms with Gasteiger partial charge < -0.3 is 20.3 Å². The molecule has 94 valence electrons. The Morgan fingerprint density at radius 3 is 2.76 bits per heavy atom. The number of ether oxygens (including phenoxy) is 2. The van der Waals surface area contributed by atoms with E-state index < -0.39 is 12.1 Å². The molecule has 1 aromatic rings. The van der Waals surface area contributed by atoms with Gasteiger partial charge in [-0.1, -0.05) is 6.07 Å². The van der Waals surface area contributed by atoms with Crippen LogP contribution in [-0.2, 0) is 4.79 Å². The molecule has 0 radical (unpaired) electrons. The van der Waals surface area contributed by atoms with Gasteiger partial charge >= 0.3 is 5.97 Å². The van der Waals surface area contributed by atoms with Gasteiger partial charge in [-0.15, -0.1) is 0 Å². The number of nitrogens with two attached hydrogens (primary N) is 1. The maximum absolute atomic E-state index is 10.9. The predicted molar refractivity (Wildman–Crippen MR) is 63.3 cm³/mol. The second kappa shape index (κ2) is 6.75. The number of hydrogen-bond acceptors (Lipinski definition) is 4. The Kier molecular flexibility index (Phi) is 5.29. The Morgan fingerprint density at radius 2 is 2.18 bits per heavy atom. The molecular formula is C12H17NO4. The summed E-state index contributed by atoms with van der Waals surface area (Å²) in [7, 11) is 0. The third-order valence-electron chi connectivity index (χ3n) is 2.10. The molecule has 0 spiro atoms. The van der Waals surface area contributed by atoms with E-state index >= 15 is 0 Å². The number of aliphatic carboxylic acids is 1. The van der Waals surface area contributed by atoms with Crippen LogP contribution in [0.4, 0.5) is 0 Å². The van der Waals surface area contributed by atoms with Gasteiger partial charge in [0.1, 0.15) is 11.5 Å². The summed E-state index contributed by atoms with van der Waals surface area (Å²) in [5, 5.41) is 8.93. The summed E-state index contributed by atoms with van der Waals surface area (Å²) in [5.41, 5.74) is 5.33. The fraction of sp³-hybridized carbons (Fsp3) is 0.417. The average molecular weight is 239 g/mol. The molecule has 1 atom stereocenters. The fourth-order valence-electron chi connectivity index (χ4n) is 1.35. The van der Waals surface area contributed by atoms with Crippen molar-refractivity contribution in [1.82, 2.24) is 0 Å². The second-order valence-electron chi connectivity index (χ2n) is 3.43. The molecule has 1 unspecified atom stereocenters. The summed E-state index contributed by atoms with van der Waals surface area (Å²) in [6.45, 7) is 2.69. The molecule has 1 rings (SSSR count). The number of carboxylic acids is 1. The van der Waals surface area contributed by atoms with E-state index in [0.29, 0.717) is 18.1 Å². The minimum absolute atomic E-state index is 0.266. The smallest absolute Gasteiger partial charge is 0.344 e. The largest absolute Gasteiger partial charge is 0.494 e. The predicted octanol–water partition coefficient (Wildman–Crippen LogP) is 1.27. The number of carbonyl (C=O) groups is 1. The summed E-state index contributed by atoms with van der Waals surface area (Å²) in [6, 6.07) is 6.89. The van der Waals surface area contributed by atoms with E-state index in [-0.39, 0.29) is 13.0 Å². The fourth-order valence-corrected chi connectivity index (χ4v) is 1.35. The van der Waals surface area contributed by atoms with E-state index in [1.54, 1.807) is 24.3 Å². The third-order valence-corrected chi connectivity index (χ3v) is 2.10. The zero-order valence-corrected chi connectivity index (χ0v) is 9.76. The van der Waals surface area contributed by atoms with Crippen molar-refractivity contribution in [3.8, 4) is 11.5 Å². The SMILES string of the molecule is CCOc1cccc(OC(CCN)C(=O)O)c1. The Balaban J connectivity index is 2.71. The highest BCUT2D eigenvalue weighted by atomic mass is 16.5. The minimum atomic E-state index is -1.02. The monoisotopic (exact) mass is 239 g/mol. The molecule has 0 aliphatic heterocycles. The first-order chi connectivity index (χ1) is 8.17. The van der Waals surface area contributed by atoms with Crippen LogP contribution in [0.25, 0.3) is 0 Å². The molecule has 0 heterocycles. The molecule has 0 aliphatic rings. The van der Waals surface area contributed by atoms with Gasteiger partial charge in [0, 0.05) is 12.5 Å². The van der Waals surface area contributed by atoms with E-state index in [1.807, 2.05) is 6.92 Å². The minimum Gasteiger partial charge on any atom is -0.494 e. The lowest BCUT2D eigenvalue weighted by Crippen LogP contribution is -2.29. The van der Waals surface area contributed by atoms with Crippen LogP contribution < -0.4 is 15.2 Å². The first kappa shape index (κ1) is 13.3. The lowest BCUT2D eigenvalue weighted by atomic mass is 10.2. The molecule has 5 nitrogen and oxygen atoms in total. The van der Waals surface area contributed by atoms with Crippen molar-refractivity contribution in [3.05, 3.63) is 24.3 Å². The first-order valence-electron chi connectivity index (χ1n) is 5.49. The summed E-state index contributed by atoms with van der Waals surface area (Å²) in [4.78, 5) is 10.9. The topological polar surface area (TPSA) is 81.8 Å². The van der Waals surface area contributed by atoms with Gasteiger partial charge in [-0.05, 0) is 25.6 Å². The summed E-state index contributed by atoms with van der Waals surface area (Å²) >= 11 is 0. The molecule has 0 amide bonds. The van der Waals surface area contributed by atoms with Gasteiger partial charge in [0.05, 0.1) is 6.61 Å². The van der Waals surface area contributed by atoms with Crippen molar-refractivity contribution in [2.45, 2.75) is 19.4 Å². The highest BCUT2D eigenvalue weighted by molar-refractivity contribution is 5.72. The zero-order valence-electron chi connectivity index (χ0n) is 9.76. The molecular weight excluding hydrogens is 222 g/mol. The van der Waals surface area contributed by atoms with Gasteiger partial charge in [0.25, 0.3) is 0 Å². The normalized spacial score (nSPS) is 11.9. The van der Waals surface area contributed by atoms with Crippen LogP contribution >= 0.6 is 0 Å². The Bertz CT molecular complexity index is 367. The van der Waals surface area contributed by atoms with E-state index in [4.69, 9.17) is 20.3 Å². The van der Waals surface area contributed by atoms with E-state index in [9.17, 15) is 4.79 Å². The van der Waals surface area contributed by atoms with Crippen LogP contribution in [0.5, 0.6) is 11.5 Å². The van der Waals surface area contributed by atoms with Crippen LogP contribution in [0, 0.1) is 0 Å².